The summed E-state index contributed by atoms with van der Waals surface area (Å²) in [5.41, 5.74) is 9.20. The van der Waals surface area contributed by atoms with Crippen molar-refractivity contribution in [2.75, 3.05) is 6.61 Å². The van der Waals surface area contributed by atoms with Gasteiger partial charge in [0.1, 0.15) is 10.7 Å². The van der Waals surface area contributed by atoms with Gasteiger partial charge in [-0.2, -0.15) is 0 Å². The van der Waals surface area contributed by atoms with Crippen LogP contribution < -0.4 is 10.5 Å². The highest BCUT2D eigenvalue weighted by atomic mass is 32.1. The van der Waals surface area contributed by atoms with Gasteiger partial charge in [-0.1, -0.05) is 24.4 Å². The first-order chi connectivity index (χ1) is 9.11. The monoisotopic (exact) mass is 272 g/mol. The van der Waals surface area contributed by atoms with Crippen LogP contribution in [-0.2, 0) is 0 Å². The Labute approximate surface area is 118 Å². The molecule has 0 aliphatic carbocycles. The van der Waals surface area contributed by atoms with Crippen LogP contribution in [0.25, 0.3) is 11.3 Å². The standard InChI is InChI=1S/C15H16N2OS/c1-3-18-12-6-4-5-11(9-12)14-8-7-13(15(16)19)10(2)17-14/h4-9H,3H2,1-2H3,(H2,16,19). The molecule has 0 atom stereocenters. The molecule has 0 saturated carbocycles. The zero-order chi connectivity index (χ0) is 13.8. The number of hydrogen-bond acceptors (Lipinski definition) is 3. The lowest BCUT2D eigenvalue weighted by atomic mass is 10.1. The quantitative estimate of drug-likeness (QED) is 0.869. The molecule has 1 aromatic heterocycles. The lowest BCUT2D eigenvalue weighted by Crippen LogP contribution is -2.12. The molecule has 4 heteroatoms. The molecule has 2 N–H and O–H groups in total. The van der Waals surface area contributed by atoms with Gasteiger partial charge in [-0.15, -0.1) is 0 Å². The average molecular weight is 272 g/mol. The molecular weight excluding hydrogens is 256 g/mol. The Kier molecular flexibility index (Phi) is 4.12. The van der Waals surface area contributed by atoms with Crippen molar-refractivity contribution in [3.63, 3.8) is 0 Å². The number of nitrogens with two attached hydrogens (primary N) is 1. The van der Waals surface area contributed by atoms with Crippen LogP contribution in [-0.4, -0.2) is 16.6 Å². The van der Waals surface area contributed by atoms with E-state index in [4.69, 9.17) is 22.7 Å². The predicted octanol–water partition coefficient (Wildman–Crippen LogP) is 3.09. The zero-order valence-corrected chi connectivity index (χ0v) is 11.8. The SMILES string of the molecule is CCOc1cccc(-c2ccc(C(N)=S)c(C)n2)c1. The van der Waals surface area contributed by atoms with Crippen LogP contribution in [0.1, 0.15) is 18.2 Å². The van der Waals surface area contributed by atoms with E-state index >= 15 is 0 Å². The van der Waals surface area contributed by atoms with Crippen molar-refractivity contribution in [3.8, 4) is 17.0 Å². The third-order valence-corrected chi connectivity index (χ3v) is 3.01. The smallest absolute Gasteiger partial charge is 0.119 e. The summed E-state index contributed by atoms with van der Waals surface area (Å²) >= 11 is 4.98. The predicted molar refractivity (Wildman–Crippen MR) is 81.5 cm³/mol. The van der Waals surface area contributed by atoms with Crippen LogP contribution in [0.5, 0.6) is 5.75 Å². The molecule has 98 valence electrons. The Bertz CT molecular complexity index is 611. The molecule has 2 rings (SSSR count). The fourth-order valence-electron chi connectivity index (χ4n) is 1.89. The van der Waals surface area contributed by atoms with Crippen LogP contribution in [0.4, 0.5) is 0 Å². The van der Waals surface area contributed by atoms with E-state index in [-0.39, 0.29) is 0 Å². The minimum absolute atomic E-state index is 0.375. The van der Waals surface area contributed by atoms with E-state index in [2.05, 4.69) is 4.98 Å². The molecule has 0 radical (unpaired) electrons. The maximum Gasteiger partial charge on any atom is 0.119 e. The van der Waals surface area contributed by atoms with Crippen LogP contribution >= 0.6 is 12.2 Å². The van der Waals surface area contributed by atoms with E-state index in [9.17, 15) is 0 Å². The Balaban J connectivity index is 2.39. The number of aromatic nitrogens is 1. The molecule has 0 spiro atoms. The van der Waals surface area contributed by atoms with Gasteiger partial charge in [0.25, 0.3) is 0 Å². The highest BCUT2D eigenvalue weighted by Crippen LogP contribution is 2.23. The Morgan fingerprint density at radius 3 is 2.74 bits per heavy atom. The van der Waals surface area contributed by atoms with Crippen LogP contribution in [0, 0.1) is 6.92 Å². The number of ether oxygens (including phenoxy) is 1. The van der Waals surface area contributed by atoms with Gasteiger partial charge in [0.15, 0.2) is 0 Å². The van der Waals surface area contributed by atoms with Gasteiger partial charge < -0.3 is 10.5 Å². The molecule has 0 bridgehead atoms. The maximum absolute atomic E-state index is 5.64. The van der Waals surface area contributed by atoms with E-state index in [1.807, 2.05) is 50.2 Å². The molecule has 0 fully saturated rings. The molecular formula is C15H16N2OS. The van der Waals surface area contributed by atoms with E-state index in [1.54, 1.807) is 0 Å². The van der Waals surface area contributed by atoms with Gasteiger partial charge in [-0.3, -0.25) is 4.98 Å². The third-order valence-electron chi connectivity index (χ3n) is 2.79. The minimum Gasteiger partial charge on any atom is -0.494 e. The van der Waals surface area contributed by atoms with Crippen molar-refractivity contribution in [1.82, 2.24) is 4.98 Å². The molecule has 0 saturated heterocycles. The molecule has 2 aromatic rings. The lowest BCUT2D eigenvalue weighted by Gasteiger charge is -2.08. The highest BCUT2D eigenvalue weighted by Gasteiger charge is 2.06. The van der Waals surface area contributed by atoms with Crippen LogP contribution in [0.3, 0.4) is 0 Å². The second-order valence-corrected chi connectivity index (χ2v) is 4.59. The van der Waals surface area contributed by atoms with Crippen LogP contribution in [0.2, 0.25) is 0 Å². The third kappa shape index (κ3) is 3.09. The molecule has 1 heterocycles. The van der Waals surface area contributed by atoms with Gasteiger partial charge in [0.05, 0.1) is 12.3 Å². The van der Waals surface area contributed by atoms with Crippen molar-refractivity contribution in [1.29, 1.82) is 0 Å². The van der Waals surface area contributed by atoms with E-state index in [0.717, 1.165) is 28.3 Å². The van der Waals surface area contributed by atoms with Crippen molar-refractivity contribution in [2.45, 2.75) is 13.8 Å². The molecule has 1 aromatic carbocycles. The zero-order valence-electron chi connectivity index (χ0n) is 11.0. The first kappa shape index (κ1) is 13.5. The Morgan fingerprint density at radius 1 is 1.32 bits per heavy atom. The molecule has 0 aliphatic rings. The van der Waals surface area contributed by atoms with Gasteiger partial charge in [-0.05, 0) is 38.1 Å². The summed E-state index contributed by atoms with van der Waals surface area (Å²) in [6.45, 7) is 4.52. The summed E-state index contributed by atoms with van der Waals surface area (Å²) in [6.07, 6.45) is 0. The normalized spacial score (nSPS) is 10.2. The fourth-order valence-corrected chi connectivity index (χ4v) is 2.11. The first-order valence-corrected chi connectivity index (χ1v) is 6.53. The molecule has 3 nitrogen and oxygen atoms in total. The summed E-state index contributed by atoms with van der Waals surface area (Å²) in [5.74, 6) is 0.845. The van der Waals surface area contributed by atoms with Gasteiger partial charge in [0.2, 0.25) is 0 Å². The highest BCUT2D eigenvalue weighted by molar-refractivity contribution is 7.80. The fraction of sp³-hybridized carbons (Fsp3) is 0.200. The van der Waals surface area contributed by atoms with E-state index in [0.29, 0.717) is 11.6 Å². The largest absolute Gasteiger partial charge is 0.494 e. The molecule has 0 unspecified atom stereocenters. The van der Waals surface area contributed by atoms with Crippen molar-refractivity contribution in [2.24, 2.45) is 5.73 Å². The summed E-state index contributed by atoms with van der Waals surface area (Å²) in [4.78, 5) is 4.92. The van der Waals surface area contributed by atoms with Gasteiger partial charge in [0, 0.05) is 16.8 Å². The molecule has 0 amide bonds. The van der Waals surface area contributed by atoms with Crippen molar-refractivity contribution >= 4 is 17.2 Å². The summed E-state index contributed by atoms with van der Waals surface area (Å²) in [5, 5.41) is 0. The number of benzene rings is 1. The topological polar surface area (TPSA) is 48.1 Å². The van der Waals surface area contributed by atoms with E-state index < -0.39 is 0 Å². The number of aryl methyl sites for hydroxylation is 1. The summed E-state index contributed by atoms with van der Waals surface area (Å²) in [7, 11) is 0. The average Bonchev–Trinajstić information content (AvgIpc) is 2.39. The Hall–Kier alpha value is -1.94. The second kappa shape index (κ2) is 5.80. The van der Waals surface area contributed by atoms with Crippen molar-refractivity contribution < 1.29 is 4.74 Å². The first-order valence-electron chi connectivity index (χ1n) is 6.12. The number of hydrogen-bond donors (Lipinski definition) is 1. The van der Waals surface area contributed by atoms with Gasteiger partial charge >= 0.3 is 0 Å². The van der Waals surface area contributed by atoms with Gasteiger partial charge in [-0.25, -0.2) is 0 Å². The second-order valence-electron chi connectivity index (χ2n) is 4.15. The number of nitrogens with zero attached hydrogens (tertiary/aromatic N) is 1. The molecule has 19 heavy (non-hydrogen) atoms. The van der Waals surface area contributed by atoms with Crippen LogP contribution in [0.15, 0.2) is 36.4 Å². The summed E-state index contributed by atoms with van der Waals surface area (Å²) < 4.78 is 5.49. The number of thiocarbonyl (C=S) groups is 1. The number of rotatable bonds is 4. The van der Waals surface area contributed by atoms with Crippen molar-refractivity contribution in [3.05, 3.63) is 47.7 Å². The minimum atomic E-state index is 0.375. The lowest BCUT2D eigenvalue weighted by molar-refractivity contribution is 0.340. The summed E-state index contributed by atoms with van der Waals surface area (Å²) in [6, 6.07) is 11.7. The Morgan fingerprint density at radius 2 is 2.11 bits per heavy atom. The maximum atomic E-state index is 5.64. The van der Waals surface area contributed by atoms with E-state index in [1.165, 1.54) is 0 Å². The number of pyridine rings is 1. The molecule has 0 aliphatic heterocycles.